The zero-order valence-corrected chi connectivity index (χ0v) is 34.8. The third kappa shape index (κ3) is 46.5. The van der Waals surface area contributed by atoms with Crippen molar-refractivity contribution >= 4 is 15.9 Å². The van der Waals surface area contributed by atoms with Gasteiger partial charge in [-0.05, 0) is 6.42 Å². The average Bonchev–Trinajstić information content (AvgIpc) is 3.08. The Morgan fingerprint density at radius 1 is 0.170 bits per heavy atom. The van der Waals surface area contributed by atoms with Crippen LogP contribution in [0.3, 0.4) is 0 Å². The Balaban J connectivity index is 3.03. The number of unbranched alkanes of at least 4 members (excludes halogenated alkanes) is 43. The third-order valence-corrected chi connectivity index (χ3v) is 11.5. The van der Waals surface area contributed by atoms with Crippen molar-refractivity contribution in [1.82, 2.24) is 0 Å². The Labute approximate surface area is 309 Å². The highest BCUT2D eigenvalue weighted by Crippen LogP contribution is 2.18. The fourth-order valence-corrected chi connectivity index (χ4v) is 7.99. The molecule has 1 heteroatoms. The normalized spacial score (nSPS) is 11.6. The molecule has 0 heterocycles. The van der Waals surface area contributed by atoms with Crippen LogP contribution in [0.25, 0.3) is 0 Å². The minimum absolute atomic E-state index is 1.19. The van der Waals surface area contributed by atoms with E-state index in [1.54, 1.807) is 0 Å². The van der Waals surface area contributed by atoms with Crippen molar-refractivity contribution in [2.24, 2.45) is 0 Å². The van der Waals surface area contributed by atoms with Crippen molar-refractivity contribution in [2.45, 2.75) is 289 Å². The van der Waals surface area contributed by atoms with E-state index < -0.39 is 0 Å². The summed E-state index contributed by atoms with van der Waals surface area (Å²) in [7, 11) is 0. The van der Waals surface area contributed by atoms with Crippen molar-refractivity contribution in [1.29, 1.82) is 0 Å². The molecule has 0 aromatic rings. The van der Waals surface area contributed by atoms with Crippen LogP contribution in [0.4, 0.5) is 0 Å². The Bertz CT molecular complexity index is 457. The lowest BCUT2D eigenvalue weighted by Gasteiger charge is -2.05. The van der Waals surface area contributed by atoms with Gasteiger partial charge in [0.2, 0.25) is 0 Å². The molecule has 0 saturated heterocycles. The second-order valence-corrected chi connectivity index (χ2v) is 16.7. The van der Waals surface area contributed by atoms with Crippen LogP contribution in [-0.2, 0) is 0 Å². The number of hydrogen-bond acceptors (Lipinski definition) is 0. The fraction of sp³-hybridized carbons (Fsp3) is 1.00. The van der Waals surface area contributed by atoms with Crippen LogP contribution in [-0.4, -0.2) is 5.33 Å². The molecule has 47 heavy (non-hydrogen) atoms. The molecule has 0 aliphatic carbocycles. The molecule has 0 aromatic heterocycles. The third-order valence-electron chi connectivity index (χ3n) is 11.0. The summed E-state index contributed by atoms with van der Waals surface area (Å²) in [6, 6.07) is 0. The van der Waals surface area contributed by atoms with Gasteiger partial charge in [-0.2, -0.15) is 0 Å². The maximum absolute atomic E-state index is 3.53. The molecule has 0 aromatic carbocycles. The van der Waals surface area contributed by atoms with Gasteiger partial charge in [-0.15, -0.1) is 0 Å². The minimum Gasteiger partial charge on any atom is -0.0928 e. The first-order valence-corrected chi connectivity index (χ1v) is 24.1. The van der Waals surface area contributed by atoms with Crippen molar-refractivity contribution in [3.8, 4) is 0 Å². The molecule has 0 radical (unpaired) electrons. The Hall–Kier alpha value is 0.480. The van der Waals surface area contributed by atoms with Crippen molar-refractivity contribution < 1.29 is 0 Å². The first-order valence-electron chi connectivity index (χ1n) is 23.0. The van der Waals surface area contributed by atoms with Crippen LogP contribution >= 0.6 is 15.9 Å². The smallest absolute Gasteiger partial charge is 0.00313 e. The Kier molecular flexibility index (Phi) is 47.0. The van der Waals surface area contributed by atoms with Gasteiger partial charge < -0.3 is 0 Å². The predicted octanol–water partition coefficient (Wildman–Crippen LogP) is 18.6. The molecule has 0 bridgehead atoms. The molecule has 0 nitrogen and oxygen atoms in total. The second-order valence-electron chi connectivity index (χ2n) is 15.9. The summed E-state index contributed by atoms with van der Waals surface area (Å²) in [5.74, 6) is 0. The standard InChI is InChI=1S/C46H93Br/c1-2-3-4-5-6-7-8-9-10-11-12-13-14-15-16-17-18-19-20-21-22-23-24-25-26-27-28-29-30-31-32-33-34-35-36-37-38-39-40-41-42-43-44-45-46-47/h2-46H2,1H3. The summed E-state index contributed by atoms with van der Waals surface area (Å²) in [5.41, 5.74) is 0. The largest absolute Gasteiger partial charge is 0.0928 e. The van der Waals surface area contributed by atoms with Crippen LogP contribution in [0.5, 0.6) is 0 Å². The first kappa shape index (κ1) is 47.5. The molecular formula is C46H93Br. The van der Waals surface area contributed by atoms with Crippen molar-refractivity contribution in [3.05, 3.63) is 0 Å². The minimum atomic E-state index is 1.19. The van der Waals surface area contributed by atoms with Gasteiger partial charge in [-0.3, -0.25) is 0 Å². The molecule has 0 amide bonds. The molecule has 0 rings (SSSR count). The molecule has 0 fully saturated rings. The number of hydrogen-bond donors (Lipinski definition) is 0. The highest BCUT2D eigenvalue weighted by atomic mass is 79.9. The number of rotatable bonds is 44. The van der Waals surface area contributed by atoms with E-state index in [0.29, 0.717) is 0 Å². The molecule has 0 aliphatic heterocycles. The van der Waals surface area contributed by atoms with Gasteiger partial charge in [0.05, 0.1) is 0 Å². The fourth-order valence-electron chi connectivity index (χ4n) is 7.59. The van der Waals surface area contributed by atoms with E-state index in [4.69, 9.17) is 0 Å². The molecule has 0 spiro atoms. The van der Waals surface area contributed by atoms with Crippen LogP contribution in [0.2, 0.25) is 0 Å². The lowest BCUT2D eigenvalue weighted by atomic mass is 10.0. The highest BCUT2D eigenvalue weighted by Gasteiger charge is 1.98. The van der Waals surface area contributed by atoms with Gasteiger partial charge in [0, 0.05) is 5.33 Å². The summed E-state index contributed by atoms with van der Waals surface area (Å²) in [6.07, 6.45) is 65.2. The van der Waals surface area contributed by atoms with Gasteiger partial charge in [0.25, 0.3) is 0 Å². The molecule has 0 saturated carbocycles. The summed E-state index contributed by atoms with van der Waals surface area (Å²) < 4.78 is 0. The van der Waals surface area contributed by atoms with E-state index in [9.17, 15) is 0 Å². The molecule has 0 atom stereocenters. The summed E-state index contributed by atoms with van der Waals surface area (Å²) in [4.78, 5) is 0. The monoisotopic (exact) mass is 725 g/mol. The Morgan fingerprint density at radius 3 is 0.383 bits per heavy atom. The maximum atomic E-state index is 3.53. The van der Waals surface area contributed by atoms with Crippen LogP contribution in [0.1, 0.15) is 289 Å². The van der Waals surface area contributed by atoms with Gasteiger partial charge in [0.1, 0.15) is 0 Å². The van der Waals surface area contributed by atoms with Gasteiger partial charge >= 0.3 is 0 Å². The van der Waals surface area contributed by atoms with Gasteiger partial charge in [-0.1, -0.05) is 299 Å². The Morgan fingerprint density at radius 2 is 0.277 bits per heavy atom. The molecular weight excluding hydrogens is 632 g/mol. The molecule has 0 unspecified atom stereocenters. The summed E-state index contributed by atoms with van der Waals surface area (Å²) >= 11 is 3.53. The van der Waals surface area contributed by atoms with E-state index in [-0.39, 0.29) is 0 Å². The lowest BCUT2D eigenvalue weighted by molar-refractivity contribution is 0.508. The highest BCUT2D eigenvalue weighted by molar-refractivity contribution is 9.09. The van der Waals surface area contributed by atoms with E-state index in [1.165, 1.54) is 288 Å². The second kappa shape index (κ2) is 46.5. The molecule has 0 aliphatic rings. The van der Waals surface area contributed by atoms with E-state index in [0.717, 1.165) is 0 Å². The maximum Gasteiger partial charge on any atom is 0.00313 e. The topological polar surface area (TPSA) is 0 Å². The van der Waals surface area contributed by atoms with Gasteiger partial charge in [0.15, 0.2) is 0 Å². The van der Waals surface area contributed by atoms with E-state index in [1.807, 2.05) is 0 Å². The van der Waals surface area contributed by atoms with Crippen LogP contribution in [0.15, 0.2) is 0 Å². The lowest BCUT2D eigenvalue weighted by Crippen LogP contribution is -1.85. The van der Waals surface area contributed by atoms with Crippen molar-refractivity contribution in [3.63, 3.8) is 0 Å². The van der Waals surface area contributed by atoms with Crippen molar-refractivity contribution in [2.75, 3.05) is 5.33 Å². The molecule has 0 N–H and O–H groups in total. The summed E-state index contributed by atoms with van der Waals surface area (Å²) in [5, 5.41) is 1.19. The average molecular weight is 726 g/mol. The van der Waals surface area contributed by atoms with Crippen LogP contribution in [0, 0.1) is 0 Å². The zero-order valence-electron chi connectivity index (χ0n) is 33.2. The quantitative estimate of drug-likeness (QED) is 0.0433. The van der Waals surface area contributed by atoms with E-state index >= 15 is 0 Å². The number of alkyl halides is 1. The van der Waals surface area contributed by atoms with E-state index in [2.05, 4.69) is 22.9 Å². The number of halogens is 1. The predicted molar refractivity (Wildman–Crippen MR) is 223 cm³/mol. The summed E-state index contributed by atoms with van der Waals surface area (Å²) in [6.45, 7) is 2.31. The van der Waals surface area contributed by atoms with Gasteiger partial charge in [-0.25, -0.2) is 0 Å². The molecule has 284 valence electrons. The first-order chi connectivity index (χ1) is 23.4. The zero-order chi connectivity index (χ0) is 33.8. The SMILES string of the molecule is CCCCCCCCCCCCCCCCCCCCCCCCCCCCCCCCCCCCCCCCCCCCCCBr. The van der Waals surface area contributed by atoms with Crippen LogP contribution < -0.4 is 0 Å².